The number of rotatable bonds is 7. The number of hydrogen-bond donors (Lipinski definition) is 1. The Morgan fingerprint density at radius 1 is 1.42 bits per heavy atom. The van der Waals surface area contributed by atoms with Gasteiger partial charge in [-0.1, -0.05) is 12.1 Å². The molecule has 4 rings (SSSR count). The number of carbonyl (C=O) groups is 1. The number of aromatic nitrogens is 2. The molecule has 0 spiro atoms. The Kier molecular flexibility index (Phi) is 6.26. The molecule has 1 aliphatic heterocycles. The number of amides is 1. The van der Waals surface area contributed by atoms with E-state index in [-0.39, 0.29) is 23.9 Å². The maximum Gasteiger partial charge on any atom is 0.244 e. The number of hydrogen-bond acceptors (Lipinski definition) is 8. The van der Waals surface area contributed by atoms with E-state index in [1.54, 1.807) is 31.4 Å². The topological polar surface area (TPSA) is 119 Å². The molecule has 0 aliphatic carbocycles. The zero-order valence-electron chi connectivity index (χ0n) is 17.3. The monoisotopic (exact) mass is 464 g/mol. The van der Waals surface area contributed by atoms with Gasteiger partial charge in [-0.05, 0) is 38.0 Å². The molecule has 1 aliphatic rings. The van der Waals surface area contributed by atoms with Gasteiger partial charge in [0.05, 0.1) is 28.5 Å². The van der Waals surface area contributed by atoms with Gasteiger partial charge in [0.15, 0.2) is 0 Å². The van der Waals surface area contributed by atoms with Crippen molar-refractivity contribution in [2.24, 2.45) is 5.92 Å². The number of nitrogens with zero attached hydrogens (tertiary/aromatic N) is 3. The summed E-state index contributed by atoms with van der Waals surface area (Å²) in [6, 6.07) is 5.13. The maximum atomic E-state index is 13.3. The molecule has 9 nitrogen and oxygen atoms in total. The number of aryl methyl sites for hydroxylation is 2. The molecule has 3 aromatic heterocycles. The van der Waals surface area contributed by atoms with Crippen molar-refractivity contribution in [3.8, 4) is 10.7 Å². The van der Waals surface area contributed by atoms with E-state index < -0.39 is 15.9 Å². The molecule has 1 fully saturated rings. The van der Waals surface area contributed by atoms with Crippen LogP contribution in [0.2, 0.25) is 0 Å². The standard InChI is InChI=1S/C20H24N4O5S2/c1-3-18-22-19(23-29-18)16-10-17(13(2)30-16)31(26,27)24-8-4-6-14(12-24)20(25)21-11-15-7-5-9-28-15/h5,7,9-10,14H,3-4,6,8,11-12H2,1-2H3,(H,21,25)/t14-/m0/s1. The SMILES string of the molecule is CCc1nc(-c2cc(S(=O)(=O)N3CCC[C@H](C(=O)NCc4ccco4)C3)c(C)s2)no1. The highest BCUT2D eigenvalue weighted by Gasteiger charge is 2.35. The Labute approximate surface area is 184 Å². The lowest BCUT2D eigenvalue weighted by molar-refractivity contribution is -0.126. The second kappa shape index (κ2) is 8.93. The molecule has 11 heteroatoms. The van der Waals surface area contributed by atoms with Crippen molar-refractivity contribution >= 4 is 27.3 Å². The minimum absolute atomic E-state index is 0.152. The summed E-state index contributed by atoms with van der Waals surface area (Å²) < 4.78 is 38.5. The number of piperidine rings is 1. The summed E-state index contributed by atoms with van der Waals surface area (Å²) >= 11 is 1.32. The van der Waals surface area contributed by atoms with Gasteiger partial charge < -0.3 is 14.3 Å². The first-order chi connectivity index (χ1) is 14.9. The van der Waals surface area contributed by atoms with Crippen molar-refractivity contribution < 1.29 is 22.2 Å². The lowest BCUT2D eigenvalue weighted by Gasteiger charge is -2.31. The Bertz CT molecular complexity index is 1150. The van der Waals surface area contributed by atoms with Crippen LogP contribution >= 0.6 is 11.3 Å². The lowest BCUT2D eigenvalue weighted by atomic mass is 9.99. The molecular weight excluding hydrogens is 440 g/mol. The van der Waals surface area contributed by atoms with Gasteiger partial charge in [-0.2, -0.15) is 9.29 Å². The summed E-state index contributed by atoms with van der Waals surface area (Å²) in [5, 5.41) is 6.77. The third kappa shape index (κ3) is 4.58. The van der Waals surface area contributed by atoms with Gasteiger partial charge in [-0.15, -0.1) is 11.3 Å². The first-order valence-corrected chi connectivity index (χ1v) is 12.4. The summed E-state index contributed by atoms with van der Waals surface area (Å²) in [4.78, 5) is 18.4. The number of nitrogens with one attached hydrogen (secondary N) is 1. The van der Waals surface area contributed by atoms with Gasteiger partial charge in [0.2, 0.25) is 27.6 Å². The van der Waals surface area contributed by atoms with Crippen LogP contribution in [0.15, 0.2) is 38.3 Å². The number of carbonyl (C=O) groups excluding carboxylic acids is 1. The predicted octanol–water partition coefficient (Wildman–Crippen LogP) is 2.98. The molecule has 0 saturated carbocycles. The molecule has 4 heterocycles. The molecule has 1 atom stereocenters. The number of furan rings is 1. The highest BCUT2D eigenvalue weighted by Crippen LogP contribution is 2.35. The van der Waals surface area contributed by atoms with Crippen LogP contribution in [-0.2, 0) is 27.8 Å². The fourth-order valence-corrected chi connectivity index (χ4v) is 6.59. The van der Waals surface area contributed by atoms with E-state index in [4.69, 9.17) is 8.94 Å². The zero-order valence-corrected chi connectivity index (χ0v) is 19.0. The average molecular weight is 465 g/mol. The third-order valence-electron chi connectivity index (χ3n) is 5.25. The molecule has 3 aromatic rings. The lowest BCUT2D eigenvalue weighted by Crippen LogP contribution is -2.45. The molecule has 1 N–H and O–H groups in total. The number of thiophene rings is 1. The maximum absolute atomic E-state index is 13.3. The predicted molar refractivity (Wildman–Crippen MR) is 114 cm³/mol. The van der Waals surface area contributed by atoms with E-state index in [2.05, 4.69) is 15.5 Å². The fourth-order valence-electron chi connectivity index (χ4n) is 3.58. The van der Waals surface area contributed by atoms with Crippen molar-refractivity contribution in [1.29, 1.82) is 0 Å². The summed E-state index contributed by atoms with van der Waals surface area (Å²) in [7, 11) is -3.74. The van der Waals surface area contributed by atoms with Crippen LogP contribution in [0.25, 0.3) is 10.7 Å². The first-order valence-electron chi connectivity index (χ1n) is 10.1. The molecule has 1 amide bonds. The van der Waals surface area contributed by atoms with Crippen LogP contribution in [0.3, 0.4) is 0 Å². The molecule has 0 aromatic carbocycles. The molecule has 0 bridgehead atoms. The minimum atomic E-state index is -3.74. The van der Waals surface area contributed by atoms with E-state index in [1.807, 2.05) is 6.92 Å². The fraction of sp³-hybridized carbons (Fsp3) is 0.450. The van der Waals surface area contributed by atoms with E-state index in [0.717, 1.165) is 0 Å². The summed E-state index contributed by atoms with van der Waals surface area (Å²) in [6.07, 6.45) is 3.43. The molecule has 1 saturated heterocycles. The van der Waals surface area contributed by atoms with Gasteiger partial charge in [0, 0.05) is 24.4 Å². The summed E-state index contributed by atoms with van der Waals surface area (Å²) in [5.41, 5.74) is 0. The highest BCUT2D eigenvalue weighted by molar-refractivity contribution is 7.89. The zero-order chi connectivity index (χ0) is 22.0. The quantitative estimate of drug-likeness (QED) is 0.571. The second-order valence-electron chi connectivity index (χ2n) is 7.40. The van der Waals surface area contributed by atoms with Gasteiger partial charge in [-0.25, -0.2) is 8.42 Å². The van der Waals surface area contributed by atoms with Gasteiger partial charge in [-0.3, -0.25) is 4.79 Å². The van der Waals surface area contributed by atoms with E-state index in [9.17, 15) is 13.2 Å². The Morgan fingerprint density at radius 2 is 2.26 bits per heavy atom. The van der Waals surface area contributed by atoms with Crippen LogP contribution in [0.5, 0.6) is 0 Å². The Hall–Kier alpha value is -2.50. The average Bonchev–Trinajstić information content (AvgIpc) is 3.52. The highest BCUT2D eigenvalue weighted by atomic mass is 32.2. The van der Waals surface area contributed by atoms with Crippen molar-refractivity contribution in [2.75, 3.05) is 13.1 Å². The van der Waals surface area contributed by atoms with Gasteiger partial charge >= 0.3 is 0 Å². The summed E-state index contributed by atoms with van der Waals surface area (Å²) in [6.45, 7) is 4.49. The van der Waals surface area contributed by atoms with Crippen molar-refractivity contribution in [3.63, 3.8) is 0 Å². The molecule has 0 unspecified atom stereocenters. The molecule has 31 heavy (non-hydrogen) atoms. The largest absolute Gasteiger partial charge is 0.467 e. The second-order valence-corrected chi connectivity index (χ2v) is 10.6. The number of sulfonamides is 1. The Morgan fingerprint density at radius 3 is 2.97 bits per heavy atom. The van der Waals surface area contributed by atoms with Crippen LogP contribution in [0.4, 0.5) is 0 Å². The molecule has 166 valence electrons. The third-order valence-corrected chi connectivity index (χ3v) is 8.42. The van der Waals surface area contributed by atoms with Crippen LogP contribution in [0, 0.1) is 12.8 Å². The smallest absolute Gasteiger partial charge is 0.244 e. The Balaban J connectivity index is 1.48. The van der Waals surface area contributed by atoms with Crippen LogP contribution < -0.4 is 5.32 Å². The van der Waals surface area contributed by atoms with Crippen LogP contribution in [0.1, 0.15) is 36.3 Å². The first kappa shape index (κ1) is 21.7. The minimum Gasteiger partial charge on any atom is -0.467 e. The van der Waals surface area contributed by atoms with Crippen molar-refractivity contribution in [1.82, 2.24) is 19.8 Å². The van der Waals surface area contributed by atoms with Crippen LogP contribution in [-0.4, -0.2) is 41.9 Å². The van der Waals surface area contributed by atoms with Gasteiger partial charge in [0.25, 0.3) is 0 Å². The normalized spacial score (nSPS) is 17.7. The summed E-state index contributed by atoms with van der Waals surface area (Å²) in [5.74, 6) is 0.979. The molecule has 0 radical (unpaired) electrons. The van der Waals surface area contributed by atoms with Crippen molar-refractivity contribution in [3.05, 3.63) is 41.0 Å². The van der Waals surface area contributed by atoms with Gasteiger partial charge in [0.1, 0.15) is 5.76 Å². The van der Waals surface area contributed by atoms with E-state index in [1.165, 1.54) is 15.6 Å². The van der Waals surface area contributed by atoms with E-state index >= 15 is 0 Å². The van der Waals surface area contributed by atoms with Crippen molar-refractivity contribution in [2.45, 2.75) is 44.6 Å². The molecular formula is C20H24N4O5S2. The van der Waals surface area contributed by atoms with E-state index in [0.29, 0.717) is 53.0 Å².